The number of rotatable bonds is 1. The Bertz CT molecular complexity index is 458. The lowest BCUT2D eigenvalue weighted by Crippen LogP contribution is -1.97. The molecule has 0 bridgehead atoms. The minimum absolute atomic E-state index is 0.405. The molecule has 0 fully saturated rings. The van der Waals surface area contributed by atoms with Crippen LogP contribution in [-0.2, 0) is 6.54 Å². The van der Waals surface area contributed by atoms with Crippen molar-refractivity contribution in [2.24, 2.45) is 4.99 Å². The molecule has 0 spiro atoms. The fourth-order valence-corrected chi connectivity index (χ4v) is 1.98. The zero-order chi connectivity index (χ0) is 10.3. The van der Waals surface area contributed by atoms with Crippen molar-refractivity contribution in [1.82, 2.24) is 0 Å². The molecule has 0 saturated carbocycles. The molecule has 1 aromatic rings. The van der Waals surface area contributed by atoms with Crippen molar-refractivity contribution in [3.63, 3.8) is 0 Å². The Labute approximate surface area is 92.1 Å². The van der Waals surface area contributed by atoms with Gasteiger partial charge in [0.25, 0.3) is 0 Å². The van der Waals surface area contributed by atoms with E-state index in [0.29, 0.717) is 21.4 Å². The summed E-state index contributed by atoms with van der Waals surface area (Å²) in [7, 11) is 0. The van der Waals surface area contributed by atoms with E-state index in [4.69, 9.17) is 0 Å². The van der Waals surface area contributed by atoms with E-state index in [1.165, 1.54) is 12.1 Å². The van der Waals surface area contributed by atoms with E-state index in [0.717, 1.165) is 0 Å². The van der Waals surface area contributed by atoms with Crippen LogP contribution in [0.2, 0.25) is 0 Å². The van der Waals surface area contributed by atoms with Gasteiger partial charge in [-0.2, -0.15) is 4.39 Å². The monoisotopic (exact) mass is 306 g/mol. The fraction of sp³-hybridized carbons (Fsp3) is 0.125. The topological polar surface area (TPSA) is 55.5 Å². The third kappa shape index (κ3) is 1.39. The molecule has 0 saturated heterocycles. The third-order valence-electron chi connectivity index (χ3n) is 1.98. The number of benzene rings is 1. The van der Waals surface area contributed by atoms with Crippen LogP contribution in [0.4, 0.5) is 10.1 Å². The summed E-state index contributed by atoms with van der Waals surface area (Å²) in [6, 6.07) is 2.42. The van der Waals surface area contributed by atoms with Crippen molar-refractivity contribution >= 4 is 32.0 Å². The molecule has 2 rings (SSSR count). The largest absolute Gasteiger partial charge is 0.305 e. The van der Waals surface area contributed by atoms with Crippen molar-refractivity contribution < 1.29 is 9.31 Å². The van der Waals surface area contributed by atoms with Gasteiger partial charge in [0.1, 0.15) is 3.72 Å². The van der Waals surface area contributed by atoms with Crippen LogP contribution in [0.25, 0.3) is 0 Å². The first kappa shape index (κ1) is 9.50. The van der Waals surface area contributed by atoms with Crippen molar-refractivity contribution in [2.45, 2.75) is 6.54 Å². The first-order valence-electron chi connectivity index (χ1n) is 3.76. The van der Waals surface area contributed by atoms with Crippen LogP contribution in [-0.4, -0.2) is 8.64 Å². The lowest BCUT2D eigenvalue weighted by Gasteiger charge is -1.99. The smallest absolute Gasteiger partial charge is 0.273 e. The zero-order valence-corrected chi connectivity index (χ0v) is 8.99. The van der Waals surface area contributed by atoms with E-state index in [1.807, 2.05) is 22.6 Å². The molecule has 1 aliphatic heterocycles. The predicted molar refractivity (Wildman–Crippen MR) is 57.3 cm³/mol. The lowest BCUT2D eigenvalue weighted by atomic mass is 10.1. The highest BCUT2D eigenvalue weighted by Gasteiger charge is 2.22. The summed E-state index contributed by atoms with van der Waals surface area (Å²) in [5.74, 6) is -0.796. The molecule has 0 radical (unpaired) electrons. The van der Waals surface area contributed by atoms with E-state index in [9.17, 15) is 14.5 Å². The highest BCUT2D eigenvalue weighted by atomic mass is 127. The number of halogens is 2. The standard InChI is InChI=1S/C8H4FIN2O2/c9-6-1-4-3-11-8(10)5(4)2-7(6)12(13)14/h1-2H,3H2. The van der Waals surface area contributed by atoms with Crippen molar-refractivity contribution in [2.75, 3.05) is 0 Å². The van der Waals surface area contributed by atoms with Gasteiger partial charge in [-0.15, -0.1) is 0 Å². The summed E-state index contributed by atoms with van der Waals surface area (Å²) in [6.07, 6.45) is 0. The normalized spacial score (nSPS) is 13.7. The maximum Gasteiger partial charge on any atom is 0.305 e. The van der Waals surface area contributed by atoms with Gasteiger partial charge in [0.05, 0.1) is 11.5 Å². The minimum atomic E-state index is -0.796. The number of aliphatic imine (C=N–C) groups is 1. The second-order valence-corrected chi connectivity index (χ2v) is 3.85. The van der Waals surface area contributed by atoms with E-state index in [-0.39, 0.29) is 0 Å². The summed E-state index contributed by atoms with van der Waals surface area (Å²) < 4.78 is 13.8. The highest BCUT2D eigenvalue weighted by molar-refractivity contribution is 14.1. The quantitative estimate of drug-likeness (QED) is 0.454. The number of nitro benzene ring substituents is 1. The molecular formula is C8H4FIN2O2. The Morgan fingerprint density at radius 1 is 1.57 bits per heavy atom. The van der Waals surface area contributed by atoms with Crippen molar-refractivity contribution in [3.8, 4) is 0 Å². The Hall–Kier alpha value is -1.05. The van der Waals surface area contributed by atoms with Crippen LogP contribution < -0.4 is 0 Å². The van der Waals surface area contributed by atoms with Gasteiger partial charge >= 0.3 is 5.69 Å². The van der Waals surface area contributed by atoms with Gasteiger partial charge in [-0.05, 0) is 34.2 Å². The average molecular weight is 306 g/mol. The number of hydrogen-bond acceptors (Lipinski definition) is 3. The molecule has 1 aromatic carbocycles. The average Bonchev–Trinajstić information content (AvgIpc) is 2.46. The Morgan fingerprint density at radius 3 is 2.93 bits per heavy atom. The molecule has 0 aromatic heterocycles. The molecular weight excluding hydrogens is 302 g/mol. The van der Waals surface area contributed by atoms with E-state index in [2.05, 4.69) is 4.99 Å². The van der Waals surface area contributed by atoms with Crippen LogP contribution in [0.3, 0.4) is 0 Å². The first-order chi connectivity index (χ1) is 6.59. The molecule has 0 atom stereocenters. The molecule has 6 heteroatoms. The van der Waals surface area contributed by atoms with Crippen LogP contribution in [0.15, 0.2) is 17.1 Å². The van der Waals surface area contributed by atoms with Crippen LogP contribution in [0, 0.1) is 15.9 Å². The molecule has 0 unspecified atom stereocenters. The van der Waals surface area contributed by atoms with Crippen LogP contribution in [0.1, 0.15) is 11.1 Å². The summed E-state index contributed by atoms with van der Waals surface area (Å²) in [6.45, 7) is 0.405. The maximum absolute atomic E-state index is 13.1. The molecule has 72 valence electrons. The van der Waals surface area contributed by atoms with Crippen LogP contribution in [0.5, 0.6) is 0 Å². The molecule has 0 N–H and O–H groups in total. The van der Waals surface area contributed by atoms with Gasteiger partial charge in [-0.1, -0.05) is 0 Å². The Morgan fingerprint density at radius 2 is 2.29 bits per heavy atom. The first-order valence-corrected chi connectivity index (χ1v) is 4.84. The highest BCUT2D eigenvalue weighted by Crippen LogP contribution is 2.28. The zero-order valence-electron chi connectivity index (χ0n) is 6.83. The molecule has 0 amide bonds. The SMILES string of the molecule is O=[N+]([O-])c1cc2c(cc1F)CN=C2I. The summed E-state index contributed by atoms with van der Waals surface area (Å²) in [5.41, 5.74) is 0.881. The Kier molecular flexibility index (Phi) is 2.22. The molecule has 0 aliphatic carbocycles. The molecule has 4 nitrogen and oxygen atoms in total. The van der Waals surface area contributed by atoms with E-state index in [1.54, 1.807) is 0 Å². The van der Waals surface area contributed by atoms with Gasteiger partial charge in [0, 0.05) is 11.6 Å². The fourth-order valence-electron chi connectivity index (χ4n) is 1.31. The van der Waals surface area contributed by atoms with E-state index < -0.39 is 16.4 Å². The number of nitro groups is 1. The lowest BCUT2D eigenvalue weighted by molar-refractivity contribution is -0.387. The summed E-state index contributed by atoms with van der Waals surface area (Å²) >= 11 is 1.98. The maximum atomic E-state index is 13.1. The van der Waals surface area contributed by atoms with Gasteiger partial charge in [-0.25, -0.2) is 0 Å². The summed E-state index contributed by atoms with van der Waals surface area (Å²) in [4.78, 5) is 13.8. The molecule has 1 aliphatic rings. The predicted octanol–water partition coefficient (Wildman–Crippen LogP) is 2.43. The van der Waals surface area contributed by atoms with Gasteiger partial charge < -0.3 is 0 Å². The second kappa shape index (κ2) is 3.26. The van der Waals surface area contributed by atoms with Gasteiger partial charge in [0.2, 0.25) is 5.82 Å². The van der Waals surface area contributed by atoms with Crippen molar-refractivity contribution in [3.05, 3.63) is 39.2 Å². The molecule has 1 heterocycles. The number of hydrogen-bond donors (Lipinski definition) is 0. The summed E-state index contributed by atoms with van der Waals surface area (Å²) in [5, 5.41) is 10.5. The van der Waals surface area contributed by atoms with Gasteiger partial charge in [0.15, 0.2) is 0 Å². The Balaban J connectivity index is 2.62. The number of fused-ring (bicyclic) bond motifs is 1. The number of nitrogens with zero attached hydrogens (tertiary/aromatic N) is 2. The van der Waals surface area contributed by atoms with Gasteiger partial charge in [-0.3, -0.25) is 15.1 Å². The minimum Gasteiger partial charge on any atom is -0.273 e. The van der Waals surface area contributed by atoms with E-state index >= 15 is 0 Å². The molecule has 14 heavy (non-hydrogen) atoms. The van der Waals surface area contributed by atoms with Crippen LogP contribution >= 0.6 is 22.6 Å². The third-order valence-corrected chi connectivity index (χ3v) is 2.90. The second-order valence-electron chi connectivity index (χ2n) is 2.82. The van der Waals surface area contributed by atoms with Crippen molar-refractivity contribution in [1.29, 1.82) is 0 Å².